The Morgan fingerprint density at radius 2 is 1.72 bits per heavy atom. The van der Waals surface area contributed by atoms with E-state index in [1.807, 2.05) is 84.9 Å². The summed E-state index contributed by atoms with van der Waals surface area (Å²) in [5.74, 6) is -0.454. The molecule has 7 nitrogen and oxygen atoms in total. The Labute approximate surface area is 212 Å². The first kappa shape index (κ1) is 23.6. The third-order valence-electron chi connectivity index (χ3n) is 6.03. The maximum atomic E-state index is 13.8. The normalized spacial score (nSPS) is 19.1. The Kier molecular flexibility index (Phi) is 6.95. The van der Waals surface area contributed by atoms with Crippen LogP contribution < -0.4 is 5.32 Å². The summed E-state index contributed by atoms with van der Waals surface area (Å²) >= 11 is 1.49. The first-order chi connectivity index (χ1) is 17.7. The van der Waals surface area contributed by atoms with E-state index in [2.05, 4.69) is 10.3 Å². The molecule has 1 saturated heterocycles. The molecule has 2 aromatic carbocycles. The molecule has 2 amide bonds. The third kappa shape index (κ3) is 4.67. The number of thioether (sulfide) groups is 1. The highest BCUT2D eigenvalue weighted by Crippen LogP contribution is 2.42. The van der Waals surface area contributed by atoms with E-state index in [1.165, 1.54) is 16.7 Å². The summed E-state index contributed by atoms with van der Waals surface area (Å²) in [4.78, 5) is 43.3. The lowest BCUT2D eigenvalue weighted by atomic mass is 10.0. The van der Waals surface area contributed by atoms with Crippen LogP contribution in [0, 0.1) is 0 Å². The van der Waals surface area contributed by atoms with Gasteiger partial charge in [-0.25, -0.2) is 4.79 Å². The quantitative estimate of drug-likeness (QED) is 0.290. The number of esters is 1. The third-order valence-corrected chi connectivity index (χ3v) is 7.33. The second kappa shape index (κ2) is 10.6. The second-order valence-electron chi connectivity index (χ2n) is 8.27. The minimum atomic E-state index is -0.668. The van der Waals surface area contributed by atoms with Gasteiger partial charge in [0.15, 0.2) is 6.10 Å². The summed E-state index contributed by atoms with van der Waals surface area (Å²) in [6.07, 6.45) is 6.95. The van der Waals surface area contributed by atoms with Crippen molar-refractivity contribution in [1.82, 2.24) is 15.2 Å². The first-order valence-electron chi connectivity index (χ1n) is 11.4. The summed E-state index contributed by atoms with van der Waals surface area (Å²) in [6.45, 7) is 0. The number of ether oxygens (including phenoxy) is 1. The van der Waals surface area contributed by atoms with Crippen LogP contribution in [0.4, 0.5) is 0 Å². The summed E-state index contributed by atoms with van der Waals surface area (Å²) < 4.78 is 6.10. The molecule has 0 radical (unpaired) electrons. The fourth-order valence-corrected chi connectivity index (χ4v) is 5.60. The lowest BCUT2D eigenvalue weighted by Crippen LogP contribution is -2.69. The van der Waals surface area contributed by atoms with E-state index in [4.69, 9.17) is 4.74 Å². The van der Waals surface area contributed by atoms with Gasteiger partial charge in [0.25, 0.3) is 5.91 Å². The molecule has 180 valence electrons. The molecule has 1 N–H and O–H groups in total. The molecule has 0 saturated carbocycles. The molecule has 0 aliphatic carbocycles. The van der Waals surface area contributed by atoms with Gasteiger partial charge < -0.3 is 10.1 Å². The monoisotopic (exact) mass is 497 g/mol. The Balaban J connectivity index is 1.51. The molecule has 2 atom stereocenters. The topological polar surface area (TPSA) is 88.6 Å². The molecule has 3 heterocycles. The van der Waals surface area contributed by atoms with Crippen molar-refractivity contribution in [2.24, 2.45) is 0 Å². The Morgan fingerprint density at radius 3 is 2.33 bits per heavy atom. The zero-order valence-electron chi connectivity index (χ0n) is 19.2. The number of benzene rings is 2. The molecule has 3 aromatic rings. The van der Waals surface area contributed by atoms with Gasteiger partial charge >= 0.3 is 5.97 Å². The van der Waals surface area contributed by atoms with Gasteiger partial charge in [-0.15, -0.1) is 11.8 Å². The van der Waals surface area contributed by atoms with Crippen LogP contribution in [0.25, 0.3) is 6.08 Å². The zero-order valence-corrected chi connectivity index (χ0v) is 20.0. The van der Waals surface area contributed by atoms with Crippen molar-refractivity contribution >= 4 is 36.1 Å². The van der Waals surface area contributed by atoms with E-state index < -0.39 is 18.1 Å². The van der Waals surface area contributed by atoms with Gasteiger partial charge in [-0.3, -0.25) is 19.5 Å². The van der Waals surface area contributed by atoms with Gasteiger partial charge in [0.1, 0.15) is 17.1 Å². The van der Waals surface area contributed by atoms with Crippen LogP contribution in [0.5, 0.6) is 0 Å². The Morgan fingerprint density at radius 1 is 1.03 bits per heavy atom. The van der Waals surface area contributed by atoms with Crippen LogP contribution in [-0.4, -0.2) is 45.3 Å². The average molecular weight is 498 g/mol. The minimum absolute atomic E-state index is 0.199. The number of aromatic nitrogens is 1. The molecule has 5 rings (SSSR count). The molecule has 2 aliphatic heterocycles. The standard InChI is InChI=1S/C28H23N3O4S/c32-18-30-23-26(33)31-24(22(17-36-27(23)31)14-13-19-8-7-15-29-16-19)28(34)35-25(20-9-3-1-4-10-20)21-11-5-2-6-12-21/h1-16,18,23,25,27H,17H2,(H,30,32)/b14-13+/t23-,27-/m1/s1. The van der Waals surface area contributed by atoms with Crippen molar-refractivity contribution in [3.63, 3.8) is 0 Å². The van der Waals surface area contributed by atoms with Gasteiger partial charge in [0, 0.05) is 18.1 Å². The number of nitrogens with one attached hydrogen (secondary N) is 1. The van der Waals surface area contributed by atoms with Crippen molar-refractivity contribution < 1.29 is 19.1 Å². The summed E-state index contributed by atoms with van der Waals surface area (Å²) in [5.41, 5.74) is 3.38. The predicted molar refractivity (Wildman–Crippen MR) is 137 cm³/mol. The maximum Gasteiger partial charge on any atom is 0.356 e. The van der Waals surface area contributed by atoms with E-state index in [0.29, 0.717) is 17.7 Å². The van der Waals surface area contributed by atoms with Crippen LogP contribution >= 0.6 is 11.8 Å². The van der Waals surface area contributed by atoms with Gasteiger partial charge in [0.2, 0.25) is 6.41 Å². The highest BCUT2D eigenvalue weighted by molar-refractivity contribution is 8.00. The van der Waals surface area contributed by atoms with Crippen molar-refractivity contribution in [3.05, 3.63) is 119 Å². The molecule has 1 aromatic heterocycles. The minimum Gasteiger partial charge on any atom is -0.448 e. The van der Waals surface area contributed by atoms with Crippen molar-refractivity contribution in [2.45, 2.75) is 17.5 Å². The molecular formula is C28H23N3O4S. The number of amides is 2. The molecule has 1 fully saturated rings. The van der Waals surface area contributed by atoms with Gasteiger partial charge in [0.05, 0.1) is 0 Å². The molecular weight excluding hydrogens is 474 g/mol. The fourth-order valence-electron chi connectivity index (χ4n) is 4.27. The fraction of sp³-hybridized carbons (Fsp3) is 0.143. The maximum absolute atomic E-state index is 13.8. The van der Waals surface area contributed by atoms with E-state index in [9.17, 15) is 14.4 Å². The molecule has 2 aliphatic rings. The largest absolute Gasteiger partial charge is 0.448 e. The number of β-lactam (4-membered cyclic amide) rings is 1. The van der Waals surface area contributed by atoms with Crippen molar-refractivity contribution in [2.75, 3.05) is 5.75 Å². The lowest BCUT2D eigenvalue weighted by molar-refractivity contribution is -0.154. The van der Waals surface area contributed by atoms with E-state index in [0.717, 1.165) is 16.7 Å². The second-order valence-corrected chi connectivity index (χ2v) is 9.38. The average Bonchev–Trinajstić information content (AvgIpc) is 2.94. The Bertz CT molecular complexity index is 1270. The number of carbonyl (C=O) groups is 3. The van der Waals surface area contributed by atoms with Crippen LogP contribution in [0.2, 0.25) is 0 Å². The number of carbonyl (C=O) groups excluding carboxylic acids is 3. The van der Waals surface area contributed by atoms with Crippen molar-refractivity contribution in [1.29, 1.82) is 0 Å². The highest BCUT2D eigenvalue weighted by Gasteiger charge is 2.53. The SMILES string of the molecule is O=CN[C@@H]1C(=O)N2C(C(=O)OC(c3ccccc3)c3ccccc3)=C(/C=C/c3cccnc3)CS[C@H]12. The van der Waals surface area contributed by atoms with Gasteiger partial charge in [-0.1, -0.05) is 78.9 Å². The number of nitrogens with zero attached hydrogens (tertiary/aromatic N) is 2. The predicted octanol–water partition coefficient (Wildman–Crippen LogP) is 3.71. The van der Waals surface area contributed by atoms with E-state index in [1.54, 1.807) is 12.4 Å². The number of pyridine rings is 1. The molecule has 0 unspecified atom stereocenters. The summed E-state index contributed by atoms with van der Waals surface area (Å²) in [5, 5.41) is 2.19. The number of allylic oxidation sites excluding steroid dienone is 1. The van der Waals surface area contributed by atoms with Gasteiger partial charge in [-0.2, -0.15) is 0 Å². The number of hydrogen-bond donors (Lipinski definition) is 1. The smallest absolute Gasteiger partial charge is 0.356 e. The van der Waals surface area contributed by atoms with Crippen LogP contribution in [0.3, 0.4) is 0 Å². The summed E-state index contributed by atoms with van der Waals surface area (Å²) in [7, 11) is 0. The van der Waals surface area contributed by atoms with Gasteiger partial charge in [-0.05, 0) is 28.3 Å². The highest BCUT2D eigenvalue weighted by atomic mass is 32.2. The van der Waals surface area contributed by atoms with Crippen molar-refractivity contribution in [3.8, 4) is 0 Å². The Hall–Kier alpha value is -4.17. The first-order valence-corrected chi connectivity index (χ1v) is 12.5. The summed E-state index contributed by atoms with van der Waals surface area (Å²) in [6, 6.07) is 22.0. The molecule has 0 spiro atoms. The lowest BCUT2D eigenvalue weighted by Gasteiger charge is -2.49. The molecule has 8 heteroatoms. The molecule has 0 bridgehead atoms. The zero-order chi connectivity index (χ0) is 24.9. The molecule has 36 heavy (non-hydrogen) atoms. The number of fused-ring (bicyclic) bond motifs is 1. The number of hydrogen-bond acceptors (Lipinski definition) is 6. The number of rotatable bonds is 8. The van der Waals surface area contributed by atoms with Crippen LogP contribution in [0.15, 0.2) is 103 Å². The van der Waals surface area contributed by atoms with Crippen LogP contribution in [-0.2, 0) is 19.1 Å². The van der Waals surface area contributed by atoms with Crippen LogP contribution in [0.1, 0.15) is 22.8 Å². The van der Waals surface area contributed by atoms with E-state index >= 15 is 0 Å². The van der Waals surface area contributed by atoms with E-state index in [-0.39, 0.29) is 17.0 Å².